The van der Waals surface area contributed by atoms with E-state index >= 15 is 0 Å². The van der Waals surface area contributed by atoms with Crippen molar-refractivity contribution in [2.75, 3.05) is 19.8 Å². The van der Waals surface area contributed by atoms with Crippen LogP contribution in [0.4, 0.5) is 0 Å². The molecule has 0 unspecified atom stereocenters. The van der Waals surface area contributed by atoms with Crippen LogP contribution >= 0.6 is 0 Å². The Morgan fingerprint density at radius 3 is 2.20 bits per heavy atom. The first kappa shape index (κ1) is 13.8. The Morgan fingerprint density at radius 1 is 1.33 bits per heavy atom. The normalized spacial score (nSPS) is 9.00. The number of rotatable bonds is 4. The van der Waals surface area contributed by atoms with Gasteiger partial charge in [-0.1, -0.05) is 30.3 Å². The maximum Gasteiger partial charge on any atom is 0.159 e. The lowest BCUT2D eigenvalue weighted by Crippen LogP contribution is -1.96. The maximum atomic E-state index is 10.6. The van der Waals surface area contributed by atoms with E-state index in [1.54, 1.807) is 6.92 Å². The predicted molar refractivity (Wildman–Crippen MR) is 60.0 cm³/mol. The van der Waals surface area contributed by atoms with Gasteiger partial charge in [-0.15, -0.1) is 0 Å². The van der Waals surface area contributed by atoms with E-state index in [9.17, 15) is 4.79 Å². The van der Waals surface area contributed by atoms with Crippen LogP contribution in [-0.4, -0.2) is 30.7 Å². The molecular formula is C12H18O3. The van der Waals surface area contributed by atoms with E-state index in [2.05, 4.69) is 0 Å². The van der Waals surface area contributed by atoms with E-state index in [1.807, 2.05) is 37.3 Å². The summed E-state index contributed by atoms with van der Waals surface area (Å²) in [6, 6.07) is 9.23. The van der Waals surface area contributed by atoms with Gasteiger partial charge >= 0.3 is 0 Å². The second-order valence-corrected chi connectivity index (χ2v) is 2.84. The van der Waals surface area contributed by atoms with Gasteiger partial charge in [0.15, 0.2) is 5.78 Å². The van der Waals surface area contributed by atoms with Crippen molar-refractivity contribution in [1.29, 1.82) is 0 Å². The van der Waals surface area contributed by atoms with Gasteiger partial charge < -0.3 is 9.84 Å². The number of carbonyl (C=O) groups excluding carboxylic acids is 1. The summed E-state index contributed by atoms with van der Waals surface area (Å²) in [6.07, 6.45) is 0. The van der Waals surface area contributed by atoms with Gasteiger partial charge in [0.1, 0.15) is 0 Å². The van der Waals surface area contributed by atoms with Crippen LogP contribution in [0.15, 0.2) is 30.3 Å². The Hall–Kier alpha value is -1.19. The second-order valence-electron chi connectivity index (χ2n) is 2.84. The highest BCUT2D eigenvalue weighted by Crippen LogP contribution is 1.97. The number of aliphatic hydroxyl groups is 1. The zero-order chi connectivity index (χ0) is 11.5. The van der Waals surface area contributed by atoms with Crippen molar-refractivity contribution in [3.63, 3.8) is 0 Å². The molecule has 0 aromatic heterocycles. The molecule has 3 nitrogen and oxygen atoms in total. The molecule has 0 saturated carbocycles. The Bertz CT molecular complexity index is 253. The SMILES string of the molecule is CC(=O)c1ccccc1.CCOCCO. The van der Waals surface area contributed by atoms with Crippen molar-refractivity contribution in [3.05, 3.63) is 35.9 Å². The fourth-order valence-electron chi connectivity index (χ4n) is 0.882. The van der Waals surface area contributed by atoms with Crippen LogP contribution in [0, 0.1) is 0 Å². The highest BCUT2D eigenvalue weighted by molar-refractivity contribution is 5.93. The largest absolute Gasteiger partial charge is 0.394 e. The van der Waals surface area contributed by atoms with Gasteiger partial charge in [0, 0.05) is 12.2 Å². The van der Waals surface area contributed by atoms with Gasteiger partial charge in [0.2, 0.25) is 0 Å². The minimum atomic E-state index is 0.121. The first-order valence-electron chi connectivity index (χ1n) is 4.97. The van der Waals surface area contributed by atoms with Crippen molar-refractivity contribution in [2.24, 2.45) is 0 Å². The third kappa shape index (κ3) is 7.85. The van der Waals surface area contributed by atoms with Crippen LogP contribution in [0.25, 0.3) is 0 Å². The molecule has 0 heterocycles. The van der Waals surface area contributed by atoms with Crippen molar-refractivity contribution in [2.45, 2.75) is 13.8 Å². The molecule has 1 aromatic rings. The molecule has 84 valence electrons. The number of hydrogen-bond acceptors (Lipinski definition) is 3. The van der Waals surface area contributed by atoms with Gasteiger partial charge in [0.05, 0.1) is 13.2 Å². The summed E-state index contributed by atoms with van der Waals surface area (Å²) in [7, 11) is 0. The van der Waals surface area contributed by atoms with E-state index in [4.69, 9.17) is 9.84 Å². The van der Waals surface area contributed by atoms with Gasteiger partial charge in [-0.05, 0) is 13.8 Å². The average molecular weight is 210 g/mol. The van der Waals surface area contributed by atoms with E-state index in [0.717, 1.165) is 5.56 Å². The molecule has 0 aliphatic heterocycles. The molecule has 1 rings (SSSR count). The van der Waals surface area contributed by atoms with E-state index < -0.39 is 0 Å². The Kier molecular flexibility index (Phi) is 8.63. The molecule has 3 heteroatoms. The molecule has 0 atom stereocenters. The molecule has 0 spiro atoms. The number of ketones is 1. The van der Waals surface area contributed by atoms with Gasteiger partial charge in [-0.2, -0.15) is 0 Å². The molecule has 0 aliphatic rings. The minimum Gasteiger partial charge on any atom is -0.394 e. The summed E-state index contributed by atoms with van der Waals surface area (Å²) in [4.78, 5) is 10.6. The van der Waals surface area contributed by atoms with Crippen LogP contribution in [0.1, 0.15) is 24.2 Å². The molecule has 1 N–H and O–H groups in total. The lowest BCUT2D eigenvalue weighted by atomic mass is 10.2. The minimum absolute atomic E-state index is 0.121. The number of ether oxygens (including phenoxy) is 1. The number of Topliss-reactive ketones (excluding diaryl/α,β-unsaturated/α-hetero) is 1. The highest BCUT2D eigenvalue weighted by atomic mass is 16.5. The molecule has 15 heavy (non-hydrogen) atoms. The summed E-state index contributed by atoms with van der Waals surface area (Å²) in [6.45, 7) is 4.76. The summed E-state index contributed by atoms with van der Waals surface area (Å²) in [5.74, 6) is 0.121. The van der Waals surface area contributed by atoms with Crippen LogP contribution in [0.2, 0.25) is 0 Å². The lowest BCUT2D eigenvalue weighted by molar-refractivity contribution is 0.101. The number of aliphatic hydroxyl groups excluding tert-OH is 1. The Balaban J connectivity index is 0.000000288. The summed E-state index contributed by atoms with van der Waals surface area (Å²) in [5, 5.41) is 8.07. The van der Waals surface area contributed by atoms with Crippen LogP contribution in [0.5, 0.6) is 0 Å². The zero-order valence-corrected chi connectivity index (χ0v) is 9.27. The van der Waals surface area contributed by atoms with Crippen molar-refractivity contribution >= 4 is 5.78 Å². The zero-order valence-electron chi connectivity index (χ0n) is 9.27. The fraction of sp³-hybridized carbons (Fsp3) is 0.417. The van der Waals surface area contributed by atoms with E-state index in [0.29, 0.717) is 13.2 Å². The van der Waals surface area contributed by atoms with E-state index in [-0.39, 0.29) is 12.4 Å². The summed E-state index contributed by atoms with van der Waals surface area (Å²) >= 11 is 0. The second kappa shape index (κ2) is 9.37. The highest BCUT2D eigenvalue weighted by Gasteiger charge is 1.92. The number of carbonyl (C=O) groups is 1. The van der Waals surface area contributed by atoms with Crippen LogP contribution < -0.4 is 0 Å². The Labute approximate surface area is 90.7 Å². The van der Waals surface area contributed by atoms with Crippen molar-refractivity contribution in [1.82, 2.24) is 0 Å². The topological polar surface area (TPSA) is 46.5 Å². The number of benzene rings is 1. The van der Waals surface area contributed by atoms with Gasteiger partial charge in [0.25, 0.3) is 0 Å². The molecule has 0 amide bonds. The predicted octanol–water partition coefficient (Wildman–Crippen LogP) is 1.90. The molecule has 0 fully saturated rings. The smallest absolute Gasteiger partial charge is 0.159 e. The van der Waals surface area contributed by atoms with Crippen LogP contribution in [-0.2, 0) is 4.74 Å². The lowest BCUT2D eigenvalue weighted by Gasteiger charge is -1.91. The maximum absolute atomic E-state index is 10.6. The van der Waals surface area contributed by atoms with E-state index in [1.165, 1.54) is 0 Å². The van der Waals surface area contributed by atoms with Gasteiger partial charge in [-0.3, -0.25) is 4.79 Å². The molecule has 0 bridgehead atoms. The third-order valence-electron chi connectivity index (χ3n) is 1.62. The van der Waals surface area contributed by atoms with Gasteiger partial charge in [-0.25, -0.2) is 0 Å². The quantitative estimate of drug-likeness (QED) is 0.610. The van der Waals surface area contributed by atoms with Crippen LogP contribution in [0.3, 0.4) is 0 Å². The standard InChI is InChI=1S/C8H8O.C4H10O2/c1-7(9)8-5-3-2-4-6-8;1-2-6-4-3-5/h2-6H,1H3;5H,2-4H2,1H3. The first-order chi connectivity index (χ1) is 7.22. The Morgan fingerprint density at radius 2 is 1.93 bits per heavy atom. The monoisotopic (exact) mass is 210 g/mol. The molecule has 1 aromatic carbocycles. The molecular weight excluding hydrogens is 192 g/mol. The average Bonchev–Trinajstić information content (AvgIpc) is 2.28. The first-order valence-corrected chi connectivity index (χ1v) is 4.97. The number of hydrogen-bond donors (Lipinski definition) is 1. The van der Waals surface area contributed by atoms with Crippen molar-refractivity contribution < 1.29 is 14.6 Å². The molecule has 0 aliphatic carbocycles. The summed E-state index contributed by atoms with van der Waals surface area (Å²) in [5.41, 5.74) is 0.775. The fourth-order valence-corrected chi connectivity index (χ4v) is 0.882. The molecule has 0 radical (unpaired) electrons. The third-order valence-corrected chi connectivity index (χ3v) is 1.62. The molecule has 0 saturated heterocycles. The summed E-state index contributed by atoms with van der Waals surface area (Å²) < 4.78 is 4.73. The van der Waals surface area contributed by atoms with Crippen molar-refractivity contribution in [3.8, 4) is 0 Å².